The van der Waals surface area contributed by atoms with Crippen LogP contribution in [0.25, 0.3) is 0 Å². The number of nitrogens with one attached hydrogen (secondary N) is 1. The lowest BCUT2D eigenvalue weighted by atomic mass is 10.2. The molecule has 5 nitrogen and oxygen atoms in total. The Balaban J connectivity index is 0.00000576. The normalized spacial score (nSPS) is 12.1. The first-order valence-corrected chi connectivity index (χ1v) is 7.54. The summed E-state index contributed by atoms with van der Waals surface area (Å²) in [4.78, 5) is 24.8. The molecule has 0 aliphatic carbocycles. The largest absolute Gasteiger partial charge is 0.417 e. The Kier molecular flexibility index (Phi) is 9.24. The lowest BCUT2D eigenvalue weighted by Crippen LogP contribution is -2.35. The number of hydrogen-bond acceptors (Lipinski definition) is 3. The Bertz CT molecular complexity index is 610. The van der Waals surface area contributed by atoms with Crippen LogP contribution in [0.5, 0.6) is 0 Å². The lowest BCUT2D eigenvalue weighted by Gasteiger charge is -2.18. The number of hydrogen-bond donors (Lipinski definition) is 2. The van der Waals surface area contributed by atoms with Gasteiger partial charge in [0.15, 0.2) is 0 Å². The van der Waals surface area contributed by atoms with Crippen LogP contribution in [0, 0.1) is 0 Å². The van der Waals surface area contributed by atoms with Crippen molar-refractivity contribution in [1.29, 1.82) is 0 Å². The van der Waals surface area contributed by atoms with Crippen LogP contribution in [0.4, 0.5) is 18.9 Å². The molecular formula is C15H20Cl2F3N3O2. The second kappa shape index (κ2) is 9.84. The van der Waals surface area contributed by atoms with E-state index in [9.17, 15) is 22.8 Å². The molecule has 142 valence electrons. The van der Waals surface area contributed by atoms with E-state index >= 15 is 0 Å². The van der Waals surface area contributed by atoms with Crippen molar-refractivity contribution in [2.24, 2.45) is 5.73 Å². The predicted octanol–water partition coefficient (Wildman–Crippen LogP) is 3.30. The molecule has 1 unspecified atom stereocenters. The molecule has 3 N–H and O–H groups in total. The van der Waals surface area contributed by atoms with Gasteiger partial charge in [0.05, 0.1) is 17.1 Å². The number of nitrogens with zero attached hydrogens (tertiary/aromatic N) is 1. The Labute approximate surface area is 155 Å². The number of rotatable bonds is 6. The van der Waals surface area contributed by atoms with Crippen LogP contribution in [0.3, 0.4) is 0 Å². The number of carbonyl (C=O) groups is 2. The molecule has 0 spiro atoms. The van der Waals surface area contributed by atoms with Crippen molar-refractivity contribution >= 4 is 41.5 Å². The van der Waals surface area contributed by atoms with Gasteiger partial charge >= 0.3 is 6.18 Å². The fraction of sp³-hybridized carbons (Fsp3) is 0.467. The molecule has 25 heavy (non-hydrogen) atoms. The van der Waals surface area contributed by atoms with Crippen molar-refractivity contribution in [3.05, 3.63) is 28.8 Å². The SMILES string of the molecule is CC(N)CCC(=O)N(C)CC(=O)Nc1ccc(Cl)c(C(F)(F)F)c1.Cl. The minimum Gasteiger partial charge on any atom is -0.336 e. The van der Waals surface area contributed by atoms with Crippen molar-refractivity contribution in [3.8, 4) is 0 Å². The monoisotopic (exact) mass is 401 g/mol. The summed E-state index contributed by atoms with van der Waals surface area (Å²) in [7, 11) is 1.44. The maximum atomic E-state index is 12.8. The van der Waals surface area contributed by atoms with Gasteiger partial charge in [0.2, 0.25) is 11.8 Å². The minimum atomic E-state index is -4.62. The average Bonchev–Trinajstić information content (AvgIpc) is 2.45. The smallest absolute Gasteiger partial charge is 0.336 e. The van der Waals surface area contributed by atoms with Crippen molar-refractivity contribution in [2.75, 3.05) is 18.9 Å². The van der Waals surface area contributed by atoms with E-state index in [2.05, 4.69) is 5.32 Å². The minimum absolute atomic E-state index is 0. The van der Waals surface area contributed by atoms with E-state index < -0.39 is 22.7 Å². The number of likely N-dealkylation sites (N-methyl/N-ethyl adjacent to an activating group) is 1. The number of carbonyl (C=O) groups excluding carboxylic acids is 2. The van der Waals surface area contributed by atoms with Crippen LogP contribution in [0.15, 0.2) is 18.2 Å². The van der Waals surface area contributed by atoms with Crippen LogP contribution in [0.2, 0.25) is 5.02 Å². The standard InChI is InChI=1S/C15H19ClF3N3O2.ClH/c1-9(20)3-6-14(24)22(2)8-13(23)21-10-4-5-12(16)11(7-10)15(17,18)19;/h4-5,7,9H,3,6,8,20H2,1-2H3,(H,21,23);1H. The lowest BCUT2D eigenvalue weighted by molar-refractivity contribution is -0.137. The van der Waals surface area contributed by atoms with Gasteiger partial charge in [0.25, 0.3) is 0 Å². The third kappa shape index (κ3) is 7.94. The topological polar surface area (TPSA) is 75.4 Å². The van der Waals surface area contributed by atoms with Crippen LogP contribution in [-0.4, -0.2) is 36.3 Å². The molecule has 0 bridgehead atoms. The Hall–Kier alpha value is -1.51. The van der Waals surface area contributed by atoms with Crippen LogP contribution in [0.1, 0.15) is 25.3 Å². The molecule has 0 fully saturated rings. The highest BCUT2D eigenvalue weighted by Crippen LogP contribution is 2.36. The summed E-state index contributed by atoms with van der Waals surface area (Å²) < 4.78 is 38.3. The van der Waals surface area contributed by atoms with Gasteiger partial charge < -0.3 is 16.0 Å². The van der Waals surface area contributed by atoms with E-state index in [0.717, 1.165) is 12.1 Å². The summed E-state index contributed by atoms with van der Waals surface area (Å²) in [5.74, 6) is -0.878. The molecule has 0 aromatic heterocycles. The third-order valence-electron chi connectivity index (χ3n) is 3.18. The average molecular weight is 402 g/mol. The highest BCUT2D eigenvalue weighted by molar-refractivity contribution is 6.31. The molecule has 10 heteroatoms. The Morgan fingerprint density at radius 1 is 1.36 bits per heavy atom. The van der Waals surface area contributed by atoms with Gasteiger partial charge in [-0.15, -0.1) is 12.4 Å². The summed E-state index contributed by atoms with van der Waals surface area (Å²) in [6.07, 6.45) is -3.94. The summed E-state index contributed by atoms with van der Waals surface area (Å²) in [6, 6.07) is 2.93. The molecule has 0 saturated heterocycles. The molecule has 0 aliphatic rings. The van der Waals surface area contributed by atoms with Crippen molar-refractivity contribution in [3.63, 3.8) is 0 Å². The molecule has 2 amide bonds. The van der Waals surface area contributed by atoms with Crippen molar-refractivity contribution in [2.45, 2.75) is 32.0 Å². The maximum Gasteiger partial charge on any atom is 0.417 e. The van der Waals surface area contributed by atoms with E-state index in [0.29, 0.717) is 6.42 Å². The second-order valence-electron chi connectivity index (χ2n) is 5.51. The zero-order valence-electron chi connectivity index (χ0n) is 13.7. The summed E-state index contributed by atoms with van der Waals surface area (Å²) in [5.41, 5.74) is 4.47. The van der Waals surface area contributed by atoms with Crippen LogP contribution in [-0.2, 0) is 15.8 Å². The van der Waals surface area contributed by atoms with E-state index in [4.69, 9.17) is 17.3 Å². The van der Waals surface area contributed by atoms with Gasteiger partial charge in [-0.3, -0.25) is 9.59 Å². The summed E-state index contributed by atoms with van der Waals surface area (Å²) >= 11 is 5.51. The number of halogens is 5. The first-order valence-electron chi connectivity index (χ1n) is 7.17. The second-order valence-corrected chi connectivity index (χ2v) is 5.91. The number of benzene rings is 1. The van der Waals surface area contributed by atoms with Gasteiger partial charge in [0.1, 0.15) is 0 Å². The highest BCUT2D eigenvalue weighted by atomic mass is 35.5. The molecule has 0 saturated carbocycles. The molecule has 0 heterocycles. The Morgan fingerprint density at radius 3 is 2.48 bits per heavy atom. The fourth-order valence-electron chi connectivity index (χ4n) is 1.87. The van der Waals surface area contributed by atoms with Crippen LogP contribution < -0.4 is 11.1 Å². The summed E-state index contributed by atoms with van der Waals surface area (Å²) in [6.45, 7) is 1.49. The number of amides is 2. The van der Waals surface area contributed by atoms with E-state index in [1.54, 1.807) is 6.92 Å². The summed E-state index contributed by atoms with van der Waals surface area (Å²) in [5, 5.41) is 1.86. The first-order chi connectivity index (χ1) is 11.0. The molecular weight excluding hydrogens is 382 g/mol. The number of nitrogens with two attached hydrogens (primary N) is 1. The molecule has 1 aromatic carbocycles. The zero-order chi connectivity index (χ0) is 18.5. The highest BCUT2D eigenvalue weighted by Gasteiger charge is 2.33. The predicted molar refractivity (Wildman–Crippen MR) is 92.9 cm³/mol. The van der Waals surface area contributed by atoms with Crippen molar-refractivity contribution in [1.82, 2.24) is 4.90 Å². The fourth-order valence-corrected chi connectivity index (χ4v) is 2.09. The van der Waals surface area contributed by atoms with Gasteiger partial charge in [-0.25, -0.2) is 0 Å². The van der Waals surface area contributed by atoms with E-state index in [-0.39, 0.29) is 43.0 Å². The molecule has 1 atom stereocenters. The third-order valence-corrected chi connectivity index (χ3v) is 3.51. The van der Waals surface area contributed by atoms with Gasteiger partial charge in [0, 0.05) is 25.2 Å². The zero-order valence-corrected chi connectivity index (χ0v) is 15.3. The van der Waals surface area contributed by atoms with Crippen LogP contribution >= 0.6 is 24.0 Å². The van der Waals surface area contributed by atoms with Gasteiger partial charge in [-0.1, -0.05) is 11.6 Å². The number of alkyl halides is 3. The molecule has 0 radical (unpaired) electrons. The quantitative estimate of drug-likeness (QED) is 0.767. The number of anilines is 1. The van der Waals surface area contributed by atoms with Crippen molar-refractivity contribution < 1.29 is 22.8 Å². The molecule has 1 rings (SSSR count). The Morgan fingerprint density at radius 2 is 1.96 bits per heavy atom. The van der Waals surface area contributed by atoms with Gasteiger partial charge in [-0.2, -0.15) is 13.2 Å². The maximum absolute atomic E-state index is 12.8. The first kappa shape index (κ1) is 23.5. The van der Waals surface area contributed by atoms with Gasteiger partial charge in [-0.05, 0) is 31.5 Å². The molecule has 1 aromatic rings. The molecule has 0 aliphatic heterocycles. The van der Waals surface area contributed by atoms with E-state index in [1.165, 1.54) is 18.0 Å². The van der Waals surface area contributed by atoms with E-state index in [1.807, 2.05) is 0 Å².